The fourth-order valence-electron chi connectivity index (χ4n) is 2.39. The molecule has 0 atom stereocenters. The van der Waals surface area contributed by atoms with Crippen LogP contribution in [0.5, 0.6) is 5.75 Å². The number of rotatable bonds is 2. The summed E-state index contributed by atoms with van der Waals surface area (Å²) in [5, 5.41) is 3.49. The first-order chi connectivity index (χ1) is 8.12. The third-order valence-corrected chi connectivity index (χ3v) is 3.21. The topological polar surface area (TPSA) is 24.5 Å². The van der Waals surface area contributed by atoms with Crippen LogP contribution in [-0.2, 0) is 0 Å². The van der Waals surface area contributed by atoms with Gasteiger partial charge in [0.2, 0.25) is 0 Å². The molecule has 2 rings (SSSR count). The van der Waals surface area contributed by atoms with Gasteiger partial charge in [-0.3, -0.25) is 0 Å². The molecule has 17 heavy (non-hydrogen) atoms. The van der Waals surface area contributed by atoms with E-state index in [2.05, 4.69) is 36.2 Å². The van der Waals surface area contributed by atoms with Gasteiger partial charge in [0.05, 0.1) is 12.8 Å². The maximum absolute atomic E-state index is 5.45. The normalized spacial score (nSPS) is 19.8. The highest BCUT2D eigenvalue weighted by Crippen LogP contribution is 2.30. The number of para-hydroxylation sites is 2. The van der Waals surface area contributed by atoms with Gasteiger partial charge in [0.15, 0.2) is 0 Å². The Bertz CT molecular complexity index is 376. The van der Waals surface area contributed by atoms with Crippen LogP contribution in [0.4, 0.5) is 5.69 Å². The second kappa shape index (κ2) is 4.96. The van der Waals surface area contributed by atoms with E-state index in [0.29, 0.717) is 0 Å². The minimum Gasteiger partial charge on any atom is -0.495 e. The van der Waals surface area contributed by atoms with Crippen LogP contribution in [-0.4, -0.2) is 33.3 Å². The van der Waals surface area contributed by atoms with Crippen molar-refractivity contribution in [3.63, 3.8) is 0 Å². The summed E-state index contributed by atoms with van der Waals surface area (Å²) < 4.78 is 5.45. The highest BCUT2D eigenvalue weighted by molar-refractivity contribution is 5.58. The fourth-order valence-corrected chi connectivity index (χ4v) is 2.39. The largest absolute Gasteiger partial charge is 0.495 e. The molecule has 0 amide bonds. The molecule has 3 nitrogen and oxygen atoms in total. The van der Waals surface area contributed by atoms with Crippen LogP contribution in [0.15, 0.2) is 24.3 Å². The summed E-state index contributed by atoms with van der Waals surface area (Å²) in [5.74, 6) is 0.963. The molecule has 0 unspecified atom stereocenters. The van der Waals surface area contributed by atoms with Crippen molar-refractivity contribution in [2.75, 3.05) is 38.2 Å². The van der Waals surface area contributed by atoms with Gasteiger partial charge in [-0.2, -0.15) is 0 Å². The number of ether oxygens (including phenoxy) is 1. The van der Waals surface area contributed by atoms with Crippen LogP contribution in [0.2, 0.25) is 0 Å². The Morgan fingerprint density at radius 3 is 2.82 bits per heavy atom. The van der Waals surface area contributed by atoms with E-state index in [4.69, 9.17) is 4.74 Å². The van der Waals surface area contributed by atoms with E-state index in [0.717, 1.165) is 31.9 Å². The van der Waals surface area contributed by atoms with Crippen LogP contribution < -0.4 is 15.0 Å². The first-order valence-corrected chi connectivity index (χ1v) is 6.21. The van der Waals surface area contributed by atoms with E-state index >= 15 is 0 Å². The van der Waals surface area contributed by atoms with Gasteiger partial charge < -0.3 is 15.0 Å². The van der Waals surface area contributed by atoms with E-state index in [1.165, 1.54) is 5.69 Å². The van der Waals surface area contributed by atoms with Crippen LogP contribution in [0.1, 0.15) is 13.8 Å². The Hall–Kier alpha value is -1.22. The summed E-state index contributed by atoms with van der Waals surface area (Å²) in [5.41, 5.74) is 1.49. The van der Waals surface area contributed by atoms with Gasteiger partial charge in [-0.15, -0.1) is 0 Å². The maximum atomic E-state index is 5.45. The molecular formula is C14H22N2O. The summed E-state index contributed by atoms with van der Waals surface area (Å²) in [6, 6.07) is 8.26. The van der Waals surface area contributed by atoms with E-state index in [-0.39, 0.29) is 5.41 Å². The molecule has 0 radical (unpaired) electrons. The minimum atomic E-state index is 0.289. The van der Waals surface area contributed by atoms with Crippen molar-refractivity contribution < 1.29 is 4.74 Å². The standard InChI is InChI=1S/C14H22N2O/c1-14(2)10-15-8-9-16(11-14)12-6-4-5-7-13(12)17-3/h4-7,15H,8-11H2,1-3H3. The predicted molar refractivity (Wildman–Crippen MR) is 71.9 cm³/mol. The molecule has 1 aliphatic heterocycles. The number of anilines is 1. The third kappa shape index (κ3) is 2.91. The van der Waals surface area contributed by atoms with Crippen molar-refractivity contribution in [2.24, 2.45) is 5.41 Å². The lowest BCUT2D eigenvalue weighted by molar-refractivity contribution is 0.367. The number of hydrogen-bond donors (Lipinski definition) is 1. The zero-order valence-electron chi connectivity index (χ0n) is 11.0. The molecule has 1 fully saturated rings. The van der Waals surface area contributed by atoms with Crippen molar-refractivity contribution >= 4 is 5.69 Å². The highest BCUT2D eigenvalue weighted by atomic mass is 16.5. The Morgan fingerprint density at radius 2 is 2.06 bits per heavy atom. The summed E-state index contributed by atoms with van der Waals surface area (Å²) in [4.78, 5) is 2.42. The minimum absolute atomic E-state index is 0.289. The lowest BCUT2D eigenvalue weighted by Crippen LogP contribution is -2.35. The molecule has 3 heteroatoms. The molecule has 0 aromatic heterocycles. The zero-order valence-corrected chi connectivity index (χ0v) is 11.0. The van der Waals surface area contributed by atoms with E-state index in [1.807, 2.05) is 12.1 Å². The Balaban J connectivity index is 2.25. The van der Waals surface area contributed by atoms with Gasteiger partial charge in [-0.25, -0.2) is 0 Å². The average Bonchev–Trinajstić information content (AvgIpc) is 2.50. The lowest BCUT2D eigenvalue weighted by Gasteiger charge is -2.31. The van der Waals surface area contributed by atoms with E-state index in [9.17, 15) is 0 Å². The Kier molecular flexibility index (Phi) is 3.57. The molecule has 1 heterocycles. The smallest absolute Gasteiger partial charge is 0.142 e. The fraction of sp³-hybridized carbons (Fsp3) is 0.571. The van der Waals surface area contributed by atoms with Gasteiger partial charge in [-0.1, -0.05) is 26.0 Å². The molecule has 1 N–H and O–H groups in total. The van der Waals surface area contributed by atoms with Crippen molar-refractivity contribution in [1.29, 1.82) is 0 Å². The average molecular weight is 234 g/mol. The molecule has 0 bridgehead atoms. The molecule has 1 aromatic carbocycles. The van der Waals surface area contributed by atoms with Crippen molar-refractivity contribution in [3.8, 4) is 5.75 Å². The summed E-state index contributed by atoms with van der Waals surface area (Å²) in [6.07, 6.45) is 0. The molecule has 1 aliphatic rings. The molecule has 94 valence electrons. The van der Waals surface area contributed by atoms with Crippen LogP contribution in [0, 0.1) is 5.41 Å². The first-order valence-electron chi connectivity index (χ1n) is 6.21. The van der Waals surface area contributed by atoms with Crippen molar-refractivity contribution in [3.05, 3.63) is 24.3 Å². The van der Waals surface area contributed by atoms with Crippen molar-refractivity contribution in [1.82, 2.24) is 5.32 Å². The molecule has 0 saturated carbocycles. The van der Waals surface area contributed by atoms with Gasteiger partial charge in [0.1, 0.15) is 5.75 Å². The highest BCUT2D eigenvalue weighted by Gasteiger charge is 2.25. The number of benzene rings is 1. The summed E-state index contributed by atoms with van der Waals surface area (Å²) in [7, 11) is 1.74. The number of hydrogen-bond acceptors (Lipinski definition) is 3. The van der Waals surface area contributed by atoms with Gasteiger partial charge in [0, 0.05) is 26.2 Å². The molecule has 0 spiro atoms. The number of nitrogens with zero attached hydrogens (tertiary/aromatic N) is 1. The monoisotopic (exact) mass is 234 g/mol. The molecule has 1 aromatic rings. The summed E-state index contributed by atoms with van der Waals surface area (Å²) >= 11 is 0. The molecule has 0 aliphatic carbocycles. The van der Waals surface area contributed by atoms with Gasteiger partial charge in [0.25, 0.3) is 0 Å². The number of methoxy groups -OCH3 is 1. The van der Waals surface area contributed by atoms with Crippen molar-refractivity contribution in [2.45, 2.75) is 13.8 Å². The number of nitrogens with one attached hydrogen (secondary N) is 1. The maximum Gasteiger partial charge on any atom is 0.142 e. The second-order valence-electron chi connectivity index (χ2n) is 5.43. The van der Waals surface area contributed by atoms with E-state index < -0.39 is 0 Å². The second-order valence-corrected chi connectivity index (χ2v) is 5.43. The Morgan fingerprint density at radius 1 is 1.29 bits per heavy atom. The van der Waals surface area contributed by atoms with Crippen LogP contribution in [0.3, 0.4) is 0 Å². The lowest BCUT2D eigenvalue weighted by atomic mass is 9.93. The Labute approximate surface area is 104 Å². The summed E-state index contributed by atoms with van der Waals surface area (Å²) in [6.45, 7) is 8.78. The van der Waals surface area contributed by atoms with Gasteiger partial charge >= 0.3 is 0 Å². The molecule has 1 saturated heterocycles. The first kappa shape index (κ1) is 12.2. The zero-order chi connectivity index (χ0) is 12.3. The van der Waals surface area contributed by atoms with Gasteiger partial charge in [-0.05, 0) is 17.5 Å². The molecular weight excluding hydrogens is 212 g/mol. The van der Waals surface area contributed by atoms with Crippen LogP contribution >= 0.6 is 0 Å². The van der Waals surface area contributed by atoms with Crippen LogP contribution in [0.25, 0.3) is 0 Å². The SMILES string of the molecule is COc1ccccc1N1CCNCC(C)(C)C1. The third-order valence-electron chi connectivity index (χ3n) is 3.21. The predicted octanol–water partition coefficient (Wildman–Crippen LogP) is 2.13. The quantitative estimate of drug-likeness (QED) is 0.848. The van der Waals surface area contributed by atoms with E-state index in [1.54, 1.807) is 7.11 Å².